The van der Waals surface area contributed by atoms with Crippen molar-refractivity contribution in [1.82, 2.24) is 10.2 Å². The normalized spacial score (nSPS) is 10.3. The highest BCUT2D eigenvalue weighted by Crippen LogP contribution is 2.17. The van der Waals surface area contributed by atoms with E-state index in [0.717, 1.165) is 9.35 Å². The number of carbonyl (C=O) groups is 2. The predicted molar refractivity (Wildman–Crippen MR) is 92.0 cm³/mol. The molecule has 22 heavy (non-hydrogen) atoms. The second-order valence-corrected chi connectivity index (χ2v) is 6.89. The smallest absolute Gasteiger partial charge is 0.251 e. The van der Waals surface area contributed by atoms with Crippen LogP contribution in [0.2, 0.25) is 0 Å². The van der Waals surface area contributed by atoms with Crippen LogP contribution in [-0.2, 0) is 11.3 Å². The fourth-order valence-electron chi connectivity index (χ4n) is 1.89. The fourth-order valence-corrected chi connectivity index (χ4v) is 3.25. The van der Waals surface area contributed by atoms with Crippen molar-refractivity contribution in [1.29, 1.82) is 0 Å². The maximum absolute atomic E-state index is 12.1. The summed E-state index contributed by atoms with van der Waals surface area (Å²) in [6, 6.07) is 9.10. The monoisotopic (exact) mass is 380 g/mol. The molecule has 0 unspecified atom stereocenters. The summed E-state index contributed by atoms with van der Waals surface area (Å²) < 4.78 is 0.830. The summed E-state index contributed by atoms with van der Waals surface area (Å²) in [6.07, 6.45) is 0. The number of hydrogen-bond donors (Lipinski definition) is 1. The van der Waals surface area contributed by atoms with Gasteiger partial charge in [-0.1, -0.05) is 22.0 Å². The van der Waals surface area contributed by atoms with Gasteiger partial charge in [-0.3, -0.25) is 9.59 Å². The van der Waals surface area contributed by atoms with Gasteiger partial charge in [-0.25, -0.2) is 0 Å². The van der Waals surface area contributed by atoms with Gasteiger partial charge in [0.1, 0.15) is 0 Å². The summed E-state index contributed by atoms with van der Waals surface area (Å²) in [5, 5.41) is 4.67. The highest BCUT2D eigenvalue weighted by molar-refractivity contribution is 9.10. The van der Waals surface area contributed by atoms with E-state index in [2.05, 4.69) is 21.2 Å². The second-order valence-electron chi connectivity index (χ2n) is 4.97. The van der Waals surface area contributed by atoms with Crippen LogP contribution in [-0.4, -0.2) is 30.3 Å². The molecule has 0 aliphatic carbocycles. The van der Waals surface area contributed by atoms with Gasteiger partial charge in [-0.05, 0) is 42.1 Å². The third-order valence-electron chi connectivity index (χ3n) is 3.26. The molecule has 1 heterocycles. The van der Waals surface area contributed by atoms with E-state index in [9.17, 15) is 9.59 Å². The maximum atomic E-state index is 12.1. The lowest BCUT2D eigenvalue weighted by Gasteiger charge is -2.17. The van der Waals surface area contributed by atoms with Gasteiger partial charge in [0, 0.05) is 22.0 Å². The van der Waals surface area contributed by atoms with Gasteiger partial charge in [-0.15, -0.1) is 11.3 Å². The van der Waals surface area contributed by atoms with Crippen LogP contribution in [0.4, 0.5) is 0 Å². The van der Waals surface area contributed by atoms with Gasteiger partial charge in [0.15, 0.2) is 0 Å². The Bertz CT molecular complexity index is 684. The van der Waals surface area contributed by atoms with E-state index in [1.807, 2.05) is 24.4 Å². The largest absolute Gasteiger partial charge is 0.343 e. The zero-order valence-electron chi connectivity index (χ0n) is 12.4. The summed E-state index contributed by atoms with van der Waals surface area (Å²) >= 11 is 4.95. The first-order valence-corrected chi connectivity index (χ1v) is 8.45. The van der Waals surface area contributed by atoms with Gasteiger partial charge in [-0.2, -0.15) is 0 Å². The van der Waals surface area contributed by atoms with E-state index in [0.29, 0.717) is 12.1 Å². The van der Waals surface area contributed by atoms with E-state index in [4.69, 9.17) is 0 Å². The first-order valence-electron chi connectivity index (χ1n) is 6.78. The molecule has 2 rings (SSSR count). The SMILES string of the molecule is Cc1ccsc1CN(C)C(=O)CNC(=O)c1cccc(Br)c1. The lowest BCUT2D eigenvalue weighted by molar-refractivity contribution is -0.129. The number of carbonyl (C=O) groups excluding carboxylic acids is 2. The van der Waals surface area contributed by atoms with Gasteiger partial charge >= 0.3 is 0 Å². The van der Waals surface area contributed by atoms with Gasteiger partial charge in [0.05, 0.1) is 13.1 Å². The topological polar surface area (TPSA) is 49.4 Å². The molecule has 1 aromatic carbocycles. The van der Waals surface area contributed by atoms with Crippen molar-refractivity contribution in [2.75, 3.05) is 13.6 Å². The van der Waals surface area contributed by atoms with Crippen LogP contribution in [0.5, 0.6) is 0 Å². The quantitative estimate of drug-likeness (QED) is 0.865. The highest BCUT2D eigenvalue weighted by Gasteiger charge is 2.13. The number of amides is 2. The summed E-state index contributed by atoms with van der Waals surface area (Å²) in [5.41, 5.74) is 1.71. The first-order chi connectivity index (χ1) is 10.5. The van der Waals surface area contributed by atoms with E-state index >= 15 is 0 Å². The highest BCUT2D eigenvalue weighted by atomic mass is 79.9. The average molecular weight is 381 g/mol. The number of halogens is 1. The number of likely N-dealkylation sites (N-methyl/N-ethyl adjacent to an activating group) is 1. The molecule has 0 radical (unpaired) electrons. The summed E-state index contributed by atoms with van der Waals surface area (Å²) in [4.78, 5) is 26.9. The summed E-state index contributed by atoms with van der Waals surface area (Å²) in [6.45, 7) is 2.58. The van der Waals surface area contributed by atoms with E-state index < -0.39 is 0 Å². The van der Waals surface area contributed by atoms with Crippen molar-refractivity contribution in [3.63, 3.8) is 0 Å². The van der Waals surface area contributed by atoms with Crippen LogP contribution < -0.4 is 5.32 Å². The molecule has 1 N–H and O–H groups in total. The molecule has 0 aliphatic rings. The zero-order chi connectivity index (χ0) is 16.1. The molecule has 116 valence electrons. The van der Waals surface area contributed by atoms with Crippen molar-refractivity contribution in [3.05, 3.63) is 56.2 Å². The molecule has 0 fully saturated rings. The third kappa shape index (κ3) is 4.42. The number of benzene rings is 1. The molecule has 0 atom stereocenters. The third-order valence-corrected chi connectivity index (χ3v) is 4.76. The van der Waals surface area contributed by atoms with Crippen molar-refractivity contribution < 1.29 is 9.59 Å². The Balaban J connectivity index is 1.87. The fraction of sp³-hybridized carbons (Fsp3) is 0.250. The standard InChI is InChI=1S/C16H17BrN2O2S/c1-11-6-7-22-14(11)10-19(2)15(20)9-18-16(21)12-4-3-5-13(17)8-12/h3-8H,9-10H2,1-2H3,(H,18,21). The number of nitrogens with zero attached hydrogens (tertiary/aromatic N) is 1. The molecular weight excluding hydrogens is 364 g/mol. The van der Waals surface area contributed by atoms with Crippen molar-refractivity contribution >= 4 is 39.1 Å². The van der Waals surface area contributed by atoms with Crippen LogP contribution in [0, 0.1) is 6.92 Å². The minimum absolute atomic E-state index is 0.00767. The van der Waals surface area contributed by atoms with Crippen LogP contribution >= 0.6 is 27.3 Å². The molecule has 4 nitrogen and oxygen atoms in total. The average Bonchev–Trinajstić information content (AvgIpc) is 2.89. The summed E-state index contributed by atoms with van der Waals surface area (Å²) in [7, 11) is 1.74. The lowest BCUT2D eigenvalue weighted by Crippen LogP contribution is -2.37. The number of aryl methyl sites for hydroxylation is 1. The Hall–Kier alpha value is -1.66. The molecule has 0 saturated carbocycles. The number of hydrogen-bond acceptors (Lipinski definition) is 3. The zero-order valence-corrected chi connectivity index (χ0v) is 14.8. The predicted octanol–water partition coefficient (Wildman–Crippen LogP) is 3.21. The van der Waals surface area contributed by atoms with Crippen molar-refractivity contribution in [2.45, 2.75) is 13.5 Å². The number of rotatable bonds is 5. The molecule has 2 amide bonds. The molecular formula is C16H17BrN2O2S. The molecule has 0 aliphatic heterocycles. The molecule has 0 spiro atoms. The lowest BCUT2D eigenvalue weighted by atomic mass is 10.2. The van der Waals surface area contributed by atoms with E-state index in [1.165, 1.54) is 5.56 Å². The van der Waals surface area contributed by atoms with E-state index in [1.54, 1.807) is 41.5 Å². The van der Waals surface area contributed by atoms with E-state index in [-0.39, 0.29) is 18.4 Å². The van der Waals surface area contributed by atoms with Crippen LogP contribution in [0.1, 0.15) is 20.8 Å². The molecule has 2 aromatic rings. The van der Waals surface area contributed by atoms with Crippen molar-refractivity contribution in [3.8, 4) is 0 Å². The minimum Gasteiger partial charge on any atom is -0.343 e. The first kappa shape index (κ1) is 16.7. The Labute approximate surface area is 142 Å². The van der Waals surface area contributed by atoms with Crippen LogP contribution in [0.3, 0.4) is 0 Å². The van der Waals surface area contributed by atoms with Gasteiger partial charge in [0.2, 0.25) is 5.91 Å². The van der Waals surface area contributed by atoms with Gasteiger partial charge in [0.25, 0.3) is 5.91 Å². The number of nitrogens with one attached hydrogen (secondary N) is 1. The second kappa shape index (κ2) is 7.56. The molecule has 1 aromatic heterocycles. The molecule has 6 heteroatoms. The van der Waals surface area contributed by atoms with Crippen LogP contribution in [0.25, 0.3) is 0 Å². The minimum atomic E-state index is -0.254. The maximum Gasteiger partial charge on any atom is 0.251 e. The number of thiophene rings is 1. The molecule has 0 bridgehead atoms. The molecule has 0 saturated heterocycles. The van der Waals surface area contributed by atoms with Crippen molar-refractivity contribution in [2.24, 2.45) is 0 Å². The summed E-state index contributed by atoms with van der Waals surface area (Å²) in [5.74, 6) is -0.369. The Kier molecular flexibility index (Phi) is 5.74. The van der Waals surface area contributed by atoms with Crippen LogP contribution in [0.15, 0.2) is 40.2 Å². The Morgan fingerprint density at radius 3 is 2.73 bits per heavy atom. The van der Waals surface area contributed by atoms with Gasteiger partial charge < -0.3 is 10.2 Å². The Morgan fingerprint density at radius 2 is 2.09 bits per heavy atom. The Morgan fingerprint density at radius 1 is 1.32 bits per heavy atom.